The molecule has 1 amide bonds. The van der Waals surface area contributed by atoms with Crippen molar-refractivity contribution in [1.29, 1.82) is 0 Å². The molecule has 0 spiro atoms. The SMILES string of the molecule is NCC1(C(=O)NCCc2ccccc2Br)COC1. The van der Waals surface area contributed by atoms with Crippen LogP contribution in [0, 0.1) is 5.41 Å². The number of hydrogen-bond acceptors (Lipinski definition) is 3. The quantitative estimate of drug-likeness (QED) is 0.855. The Hall–Kier alpha value is -0.910. The minimum absolute atomic E-state index is 0.00306. The fourth-order valence-corrected chi connectivity index (χ4v) is 2.37. The number of rotatable bonds is 5. The number of hydrogen-bond donors (Lipinski definition) is 2. The van der Waals surface area contributed by atoms with Crippen LogP contribution in [-0.2, 0) is 16.0 Å². The number of nitrogens with two attached hydrogens (primary N) is 1. The van der Waals surface area contributed by atoms with E-state index in [2.05, 4.69) is 21.2 Å². The van der Waals surface area contributed by atoms with Crippen LogP contribution in [0.4, 0.5) is 0 Å². The second-order valence-corrected chi connectivity index (χ2v) is 5.43. The molecule has 0 aliphatic carbocycles. The summed E-state index contributed by atoms with van der Waals surface area (Å²) in [5.74, 6) is 0.00306. The monoisotopic (exact) mass is 312 g/mol. The van der Waals surface area contributed by atoms with E-state index in [1.807, 2.05) is 24.3 Å². The smallest absolute Gasteiger partial charge is 0.232 e. The van der Waals surface area contributed by atoms with Crippen LogP contribution in [0.3, 0.4) is 0 Å². The van der Waals surface area contributed by atoms with Gasteiger partial charge < -0.3 is 15.8 Å². The first-order valence-corrected chi connectivity index (χ1v) is 6.77. The molecule has 4 nitrogen and oxygen atoms in total. The lowest BCUT2D eigenvalue weighted by Gasteiger charge is -2.38. The number of carbonyl (C=O) groups excluding carboxylic acids is 1. The molecule has 0 unspecified atom stereocenters. The summed E-state index contributed by atoms with van der Waals surface area (Å²) in [4.78, 5) is 12.0. The molecule has 0 radical (unpaired) electrons. The highest BCUT2D eigenvalue weighted by Crippen LogP contribution is 2.26. The average Bonchev–Trinajstić information content (AvgIpc) is 2.31. The second-order valence-electron chi connectivity index (χ2n) is 4.57. The largest absolute Gasteiger partial charge is 0.379 e. The summed E-state index contributed by atoms with van der Waals surface area (Å²) in [6.45, 7) is 1.83. The normalized spacial score (nSPS) is 17.0. The van der Waals surface area contributed by atoms with Crippen LogP contribution in [0.15, 0.2) is 28.7 Å². The van der Waals surface area contributed by atoms with Crippen LogP contribution >= 0.6 is 15.9 Å². The Morgan fingerprint density at radius 2 is 2.17 bits per heavy atom. The molecule has 2 rings (SSSR count). The van der Waals surface area contributed by atoms with Gasteiger partial charge in [-0.15, -0.1) is 0 Å². The maximum Gasteiger partial charge on any atom is 0.232 e. The molecule has 1 aromatic rings. The van der Waals surface area contributed by atoms with Crippen molar-refractivity contribution in [1.82, 2.24) is 5.32 Å². The van der Waals surface area contributed by atoms with E-state index in [1.165, 1.54) is 5.56 Å². The molecule has 18 heavy (non-hydrogen) atoms. The van der Waals surface area contributed by atoms with Gasteiger partial charge in [0, 0.05) is 17.6 Å². The third kappa shape index (κ3) is 2.74. The summed E-state index contributed by atoms with van der Waals surface area (Å²) in [7, 11) is 0. The first-order valence-electron chi connectivity index (χ1n) is 5.97. The van der Waals surface area contributed by atoms with Crippen LogP contribution in [0.2, 0.25) is 0 Å². The molecule has 98 valence electrons. The number of ether oxygens (including phenoxy) is 1. The lowest BCUT2D eigenvalue weighted by Crippen LogP contribution is -2.58. The van der Waals surface area contributed by atoms with E-state index in [9.17, 15) is 4.79 Å². The highest BCUT2D eigenvalue weighted by Gasteiger charge is 2.44. The van der Waals surface area contributed by atoms with Gasteiger partial charge >= 0.3 is 0 Å². The zero-order valence-electron chi connectivity index (χ0n) is 10.1. The number of benzene rings is 1. The van der Waals surface area contributed by atoms with E-state index in [-0.39, 0.29) is 5.91 Å². The van der Waals surface area contributed by atoms with Crippen molar-refractivity contribution in [2.75, 3.05) is 26.3 Å². The van der Waals surface area contributed by atoms with Crippen LogP contribution in [-0.4, -0.2) is 32.2 Å². The minimum atomic E-state index is -0.492. The van der Waals surface area contributed by atoms with Crippen molar-refractivity contribution in [3.05, 3.63) is 34.3 Å². The van der Waals surface area contributed by atoms with Crippen molar-refractivity contribution in [2.24, 2.45) is 11.1 Å². The molecule has 0 atom stereocenters. The Balaban J connectivity index is 1.82. The zero-order valence-corrected chi connectivity index (χ0v) is 11.7. The van der Waals surface area contributed by atoms with Crippen molar-refractivity contribution in [3.8, 4) is 0 Å². The van der Waals surface area contributed by atoms with Gasteiger partial charge in [0.25, 0.3) is 0 Å². The van der Waals surface area contributed by atoms with E-state index < -0.39 is 5.41 Å². The molecular formula is C13H17BrN2O2. The Labute approximate surface area is 115 Å². The number of halogens is 1. The van der Waals surface area contributed by atoms with E-state index in [0.717, 1.165) is 10.9 Å². The van der Waals surface area contributed by atoms with E-state index in [1.54, 1.807) is 0 Å². The topological polar surface area (TPSA) is 64.4 Å². The van der Waals surface area contributed by atoms with E-state index in [0.29, 0.717) is 26.3 Å². The van der Waals surface area contributed by atoms with Crippen molar-refractivity contribution in [3.63, 3.8) is 0 Å². The molecule has 0 saturated carbocycles. The average molecular weight is 313 g/mol. The predicted molar refractivity (Wildman–Crippen MR) is 73.2 cm³/mol. The van der Waals surface area contributed by atoms with Gasteiger partial charge in [0.2, 0.25) is 5.91 Å². The Morgan fingerprint density at radius 1 is 1.44 bits per heavy atom. The summed E-state index contributed by atoms with van der Waals surface area (Å²) < 4.78 is 6.15. The van der Waals surface area contributed by atoms with Crippen LogP contribution in [0.1, 0.15) is 5.56 Å². The third-order valence-corrected chi connectivity index (χ3v) is 4.04. The molecule has 5 heteroatoms. The molecule has 1 aliphatic heterocycles. The zero-order chi connectivity index (χ0) is 13.0. The third-order valence-electron chi connectivity index (χ3n) is 3.27. The number of amides is 1. The van der Waals surface area contributed by atoms with Gasteiger partial charge in [0.15, 0.2) is 0 Å². The fraction of sp³-hybridized carbons (Fsp3) is 0.462. The van der Waals surface area contributed by atoms with Crippen molar-refractivity contribution in [2.45, 2.75) is 6.42 Å². The van der Waals surface area contributed by atoms with Gasteiger partial charge in [-0.3, -0.25) is 4.79 Å². The number of carbonyl (C=O) groups is 1. The fourth-order valence-electron chi connectivity index (χ4n) is 1.89. The molecule has 1 aliphatic rings. The molecule has 0 aromatic heterocycles. The van der Waals surface area contributed by atoms with Crippen LogP contribution < -0.4 is 11.1 Å². The van der Waals surface area contributed by atoms with E-state index >= 15 is 0 Å². The summed E-state index contributed by atoms with van der Waals surface area (Å²) in [5.41, 5.74) is 6.32. The van der Waals surface area contributed by atoms with Crippen LogP contribution in [0.5, 0.6) is 0 Å². The van der Waals surface area contributed by atoms with Gasteiger partial charge in [0.05, 0.1) is 13.2 Å². The lowest BCUT2D eigenvalue weighted by atomic mass is 9.85. The Morgan fingerprint density at radius 3 is 2.72 bits per heavy atom. The van der Waals surface area contributed by atoms with Crippen molar-refractivity contribution >= 4 is 21.8 Å². The minimum Gasteiger partial charge on any atom is -0.379 e. The molecule has 1 saturated heterocycles. The van der Waals surface area contributed by atoms with E-state index in [4.69, 9.17) is 10.5 Å². The molecule has 1 aromatic carbocycles. The summed E-state index contributed by atoms with van der Waals surface area (Å²) in [6.07, 6.45) is 0.800. The van der Waals surface area contributed by atoms with Gasteiger partial charge in [-0.1, -0.05) is 34.1 Å². The molecular weight excluding hydrogens is 296 g/mol. The van der Waals surface area contributed by atoms with Gasteiger partial charge in [-0.25, -0.2) is 0 Å². The van der Waals surface area contributed by atoms with Gasteiger partial charge in [-0.05, 0) is 18.1 Å². The highest BCUT2D eigenvalue weighted by molar-refractivity contribution is 9.10. The Bertz CT molecular complexity index is 427. The predicted octanol–water partition coefficient (Wildman–Crippen LogP) is 1.08. The maximum atomic E-state index is 12.0. The van der Waals surface area contributed by atoms with Gasteiger partial charge in [-0.2, -0.15) is 0 Å². The molecule has 0 bridgehead atoms. The summed E-state index contributed by atoms with van der Waals surface area (Å²) >= 11 is 3.49. The molecule has 1 heterocycles. The van der Waals surface area contributed by atoms with Crippen molar-refractivity contribution < 1.29 is 9.53 Å². The van der Waals surface area contributed by atoms with Gasteiger partial charge in [0.1, 0.15) is 5.41 Å². The summed E-state index contributed by atoms with van der Waals surface area (Å²) in [5, 5.41) is 2.93. The molecule has 3 N–H and O–H groups in total. The highest BCUT2D eigenvalue weighted by atomic mass is 79.9. The maximum absolute atomic E-state index is 12.0. The first-order chi connectivity index (χ1) is 8.68. The summed E-state index contributed by atoms with van der Waals surface area (Å²) in [6, 6.07) is 8.00. The Kier molecular flexibility index (Phi) is 4.37. The standard InChI is InChI=1S/C13H17BrN2O2/c14-11-4-2-1-3-10(11)5-6-16-12(17)13(7-15)8-18-9-13/h1-4H,5-9,15H2,(H,16,17). The second kappa shape index (κ2) is 5.82. The molecule has 1 fully saturated rings. The first kappa shape index (κ1) is 13.5. The number of nitrogens with one attached hydrogen (secondary N) is 1. The van der Waals surface area contributed by atoms with Crippen LogP contribution in [0.25, 0.3) is 0 Å². The lowest BCUT2D eigenvalue weighted by molar-refractivity contribution is -0.159.